The third-order valence-electron chi connectivity index (χ3n) is 3.45. The van der Waals surface area contributed by atoms with Gasteiger partial charge in [0.05, 0.1) is 5.69 Å². The standard InChI is InChI=1S/C17H16N4O2/c1-11-2-3-13(16(22)8-11)14-9-15(21-20-14)17(23)19-10-12-4-6-18-7-5-12/h2-9,22H,10H2,1H3,(H,19,23)(H,20,21). The predicted molar refractivity (Wildman–Crippen MR) is 85.8 cm³/mol. The molecule has 3 aromatic rings. The van der Waals surface area contributed by atoms with E-state index in [1.807, 2.05) is 25.1 Å². The van der Waals surface area contributed by atoms with Crippen LogP contribution in [0.1, 0.15) is 21.6 Å². The first-order chi connectivity index (χ1) is 11.1. The van der Waals surface area contributed by atoms with E-state index in [2.05, 4.69) is 20.5 Å². The molecule has 3 N–H and O–H groups in total. The summed E-state index contributed by atoms with van der Waals surface area (Å²) >= 11 is 0. The Kier molecular flexibility index (Phi) is 4.05. The minimum Gasteiger partial charge on any atom is -0.507 e. The zero-order valence-electron chi connectivity index (χ0n) is 12.6. The third kappa shape index (κ3) is 3.37. The van der Waals surface area contributed by atoms with Crippen LogP contribution in [-0.2, 0) is 6.54 Å². The number of benzene rings is 1. The van der Waals surface area contributed by atoms with Crippen LogP contribution in [0.15, 0.2) is 48.8 Å². The van der Waals surface area contributed by atoms with Gasteiger partial charge in [0, 0.05) is 24.5 Å². The molecule has 6 nitrogen and oxygen atoms in total. The number of pyridine rings is 1. The van der Waals surface area contributed by atoms with E-state index in [1.54, 1.807) is 30.6 Å². The molecule has 6 heteroatoms. The maximum absolute atomic E-state index is 12.1. The second-order valence-corrected chi connectivity index (χ2v) is 5.23. The lowest BCUT2D eigenvalue weighted by molar-refractivity contribution is 0.0946. The Labute approximate surface area is 133 Å². The normalized spacial score (nSPS) is 10.5. The van der Waals surface area contributed by atoms with Crippen molar-refractivity contribution in [2.75, 3.05) is 0 Å². The Hall–Kier alpha value is -3.15. The number of aromatic nitrogens is 3. The minimum absolute atomic E-state index is 0.139. The van der Waals surface area contributed by atoms with Gasteiger partial charge in [-0.2, -0.15) is 5.10 Å². The molecule has 1 amide bonds. The molecule has 0 bridgehead atoms. The molecule has 0 unspecified atom stereocenters. The number of carbonyl (C=O) groups excluding carboxylic acids is 1. The Bertz CT molecular complexity index is 828. The van der Waals surface area contributed by atoms with Crippen LogP contribution in [0, 0.1) is 6.92 Å². The fourth-order valence-corrected chi connectivity index (χ4v) is 2.21. The smallest absolute Gasteiger partial charge is 0.269 e. The lowest BCUT2D eigenvalue weighted by atomic mass is 10.1. The second-order valence-electron chi connectivity index (χ2n) is 5.23. The van der Waals surface area contributed by atoms with E-state index in [4.69, 9.17) is 0 Å². The van der Waals surface area contributed by atoms with Gasteiger partial charge < -0.3 is 10.4 Å². The zero-order valence-corrected chi connectivity index (χ0v) is 12.6. The van der Waals surface area contributed by atoms with Crippen LogP contribution in [0.3, 0.4) is 0 Å². The number of H-pyrrole nitrogens is 1. The Morgan fingerprint density at radius 2 is 2.00 bits per heavy atom. The van der Waals surface area contributed by atoms with Crippen molar-refractivity contribution in [1.29, 1.82) is 0 Å². The molecule has 0 spiro atoms. The van der Waals surface area contributed by atoms with Crippen molar-refractivity contribution in [1.82, 2.24) is 20.5 Å². The largest absolute Gasteiger partial charge is 0.507 e. The third-order valence-corrected chi connectivity index (χ3v) is 3.45. The van der Waals surface area contributed by atoms with Gasteiger partial charge >= 0.3 is 0 Å². The van der Waals surface area contributed by atoms with E-state index in [9.17, 15) is 9.90 Å². The number of carbonyl (C=O) groups is 1. The van der Waals surface area contributed by atoms with Crippen molar-refractivity contribution >= 4 is 5.91 Å². The molecule has 23 heavy (non-hydrogen) atoms. The highest BCUT2D eigenvalue weighted by Gasteiger charge is 2.13. The van der Waals surface area contributed by atoms with Gasteiger partial charge in [0.1, 0.15) is 11.4 Å². The summed E-state index contributed by atoms with van der Waals surface area (Å²) in [5.74, 6) is -0.118. The van der Waals surface area contributed by atoms with Crippen molar-refractivity contribution in [3.63, 3.8) is 0 Å². The van der Waals surface area contributed by atoms with Gasteiger partial charge in [-0.15, -0.1) is 0 Å². The fourth-order valence-electron chi connectivity index (χ4n) is 2.21. The molecule has 0 saturated heterocycles. The van der Waals surface area contributed by atoms with Crippen LogP contribution < -0.4 is 5.32 Å². The molecular weight excluding hydrogens is 292 g/mol. The zero-order chi connectivity index (χ0) is 16.2. The maximum Gasteiger partial charge on any atom is 0.269 e. The number of rotatable bonds is 4. The molecule has 0 aliphatic heterocycles. The van der Waals surface area contributed by atoms with E-state index in [1.165, 1.54) is 0 Å². The second kappa shape index (κ2) is 6.31. The quantitative estimate of drug-likeness (QED) is 0.690. The first kappa shape index (κ1) is 14.8. The number of hydrogen-bond donors (Lipinski definition) is 3. The molecule has 0 atom stereocenters. The summed E-state index contributed by atoms with van der Waals surface area (Å²) in [6.45, 7) is 2.30. The van der Waals surface area contributed by atoms with Crippen molar-refractivity contribution in [2.45, 2.75) is 13.5 Å². The summed E-state index contributed by atoms with van der Waals surface area (Å²) < 4.78 is 0. The number of aromatic amines is 1. The number of nitrogens with one attached hydrogen (secondary N) is 2. The van der Waals surface area contributed by atoms with Crippen LogP contribution in [0.5, 0.6) is 5.75 Å². The van der Waals surface area contributed by atoms with Gasteiger partial charge in [0.15, 0.2) is 0 Å². The van der Waals surface area contributed by atoms with Crippen molar-refractivity contribution in [3.05, 3.63) is 65.6 Å². The topological polar surface area (TPSA) is 90.9 Å². The van der Waals surface area contributed by atoms with E-state index in [0.29, 0.717) is 23.5 Å². The summed E-state index contributed by atoms with van der Waals surface area (Å²) in [7, 11) is 0. The van der Waals surface area contributed by atoms with Gasteiger partial charge in [-0.1, -0.05) is 6.07 Å². The van der Waals surface area contributed by atoms with E-state index < -0.39 is 0 Å². The van der Waals surface area contributed by atoms with Gasteiger partial charge in [-0.3, -0.25) is 14.9 Å². The highest BCUT2D eigenvalue weighted by molar-refractivity contribution is 5.93. The van der Waals surface area contributed by atoms with Gasteiger partial charge in [-0.25, -0.2) is 0 Å². The fraction of sp³-hybridized carbons (Fsp3) is 0.118. The van der Waals surface area contributed by atoms with E-state index in [0.717, 1.165) is 11.1 Å². The minimum atomic E-state index is -0.257. The average Bonchev–Trinajstić information content (AvgIpc) is 3.03. The van der Waals surface area contributed by atoms with Gasteiger partial charge in [-0.05, 0) is 48.4 Å². The molecule has 0 radical (unpaired) electrons. The Balaban J connectivity index is 1.72. The monoisotopic (exact) mass is 308 g/mol. The number of nitrogens with zero attached hydrogens (tertiary/aromatic N) is 2. The predicted octanol–water partition coefficient (Wildman–Crippen LogP) is 2.42. The summed E-state index contributed by atoms with van der Waals surface area (Å²) in [6, 6.07) is 10.6. The average molecular weight is 308 g/mol. The summed E-state index contributed by atoms with van der Waals surface area (Å²) in [5, 5.41) is 19.6. The molecular formula is C17H16N4O2. The van der Waals surface area contributed by atoms with Crippen LogP contribution >= 0.6 is 0 Å². The van der Waals surface area contributed by atoms with Crippen LogP contribution in [0.2, 0.25) is 0 Å². The van der Waals surface area contributed by atoms with E-state index in [-0.39, 0.29) is 11.7 Å². The summed E-state index contributed by atoms with van der Waals surface area (Å²) in [6.07, 6.45) is 3.35. The van der Waals surface area contributed by atoms with Crippen molar-refractivity contribution in [2.24, 2.45) is 0 Å². The summed E-state index contributed by atoms with van der Waals surface area (Å²) in [4.78, 5) is 16.1. The molecule has 1 aromatic carbocycles. The Morgan fingerprint density at radius 1 is 1.22 bits per heavy atom. The first-order valence-corrected chi connectivity index (χ1v) is 7.16. The molecule has 116 valence electrons. The first-order valence-electron chi connectivity index (χ1n) is 7.16. The molecule has 2 aromatic heterocycles. The van der Waals surface area contributed by atoms with Crippen LogP contribution in [0.4, 0.5) is 0 Å². The lowest BCUT2D eigenvalue weighted by Crippen LogP contribution is -2.23. The van der Waals surface area contributed by atoms with E-state index >= 15 is 0 Å². The molecule has 2 heterocycles. The molecule has 0 aliphatic rings. The highest BCUT2D eigenvalue weighted by Crippen LogP contribution is 2.28. The van der Waals surface area contributed by atoms with Crippen LogP contribution in [0.25, 0.3) is 11.3 Å². The maximum atomic E-state index is 12.1. The summed E-state index contributed by atoms with van der Waals surface area (Å²) in [5.41, 5.74) is 3.37. The van der Waals surface area contributed by atoms with Gasteiger partial charge in [0.25, 0.3) is 5.91 Å². The van der Waals surface area contributed by atoms with Crippen LogP contribution in [-0.4, -0.2) is 26.2 Å². The number of phenolic OH excluding ortho intramolecular Hbond substituents is 1. The SMILES string of the molecule is Cc1ccc(-c2cc(C(=O)NCc3ccncc3)[nH]n2)c(O)c1. The number of aryl methyl sites for hydroxylation is 1. The number of aromatic hydroxyl groups is 1. The van der Waals surface area contributed by atoms with Gasteiger partial charge in [0.2, 0.25) is 0 Å². The number of amides is 1. The molecule has 0 saturated carbocycles. The molecule has 3 rings (SSSR count). The lowest BCUT2D eigenvalue weighted by Gasteiger charge is -2.03. The Morgan fingerprint density at radius 3 is 2.74 bits per heavy atom. The molecule has 0 fully saturated rings. The number of phenols is 1. The molecule has 0 aliphatic carbocycles. The number of hydrogen-bond acceptors (Lipinski definition) is 4. The highest BCUT2D eigenvalue weighted by atomic mass is 16.3. The van der Waals surface area contributed by atoms with Crippen molar-refractivity contribution in [3.8, 4) is 17.0 Å². The van der Waals surface area contributed by atoms with Crippen molar-refractivity contribution < 1.29 is 9.90 Å².